The van der Waals surface area contributed by atoms with Crippen molar-refractivity contribution in [2.75, 3.05) is 0 Å². The maximum atomic E-state index is 11.8. The number of benzene rings is 1. The van der Waals surface area contributed by atoms with Crippen LogP contribution in [0.4, 0.5) is 0 Å². The number of hydrogen-bond donors (Lipinski definition) is 2. The average Bonchev–Trinajstić information content (AvgIpc) is 2.39. The van der Waals surface area contributed by atoms with E-state index in [9.17, 15) is 9.59 Å². The van der Waals surface area contributed by atoms with Crippen LogP contribution >= 0.6 is 0 Å². The van der Waals surface area contributed by atoms with Gasteiger partial charge >= 0.3 is 5.97 Å². The van der Waals surface area contributed by atoms with E-state index in [1.54, 1.807) is 24.3 Å². The predicted octanol–water partition coefficient (Wildman–Crippen LogP) is 1.05. The molecule has 1 amide bonds. The van der Waals surface area contributed by atoms with E-state index in [4.69, 9.17) is 16.3 Å². The number of carboxylic acids is 1. The summed E-state index contributed by atoms with van der Waals surface area (Å²) < 4.78 is 5.38. The van der Waals surface area contributed by atoms with Crippen LogP contribution < -0.4 is 10.1 Å². The minimum absolute atomic E-state index is 0.0703. The molecule has 19 heavy (non-hydrogen) atoms. The summed E-state index contributed by atoms with van der Waals surface area (Å²) in [5.74, 6) is 1.05. The molecule has 5 nitrogen and oxygen atoms in total. The van der Waals surface area contributed by atoms with Gasteiger partial charge in [0.15, 0.2) is 6.10 Å². The second-order valence-corrected chi connectivity index (χ2v) is 3.88. The number of carbonyl (C=O) groups excluding carboxylic acids is 1. The molecule has 5 heteroatoms. The zero-order valence-electron chi connectivity index (χ0n) is 10.5. The monoisotopic (exact) mass is 261 g/mol. The van der Waals surface area contributed by atoms with Gasteiger partial charge in [-0.1, -0.05) is 18.2 Å². The van der Waals surface area contributed by atoms with E-state index < -0.39 is 24.0 Å². The van der Waals surface area contributed by atoms with Crippen LogP contribution in [0.15, 0.2) is 30.3 Å². The third kappa shape index (κ3) is 4.72. The Morgan fingerprint density at radius 1 is 1.42 bits per heavy atom. The lowest BCUT2D eigenvalue weighted by molar-refractivity contribution is -0.142. The van der Waals surface area contributed by atoms with Crippen molar-refractivity contribution in [3.8, 4) is 18.1 Å². The number of rotatable bonds is 6. The number of carbonyl (C=O) groups is 2. The summed E-state index contributed by atoms with van der Waals surface area (Å²) in [6.45, 7) is 1.54. The molecular formula is C14H15NO4. The van der Waals surface area contributed by atoms with Gasteiger partial charge in [-0.3, -0.25) is 4.79 Å². The van der Waals surface area contributed by atoms with Crippen molar-refractivity contribution in [2.45, 2.75) is 25.5 Å². The average molecular weight is 261 g/mol. The molecule has 0 bridgehead atoms. The standard InChI is InChI=1S/C14H15NO4/c1-3-7-12(14(17)18)15-13(16)10(2)19-11-8-5-4-6-9-11/h1,4-6,8-10,12H,7H2,2H3,(H,15,16)(H,17,18). The number of para-hydroxylation sites is 1. The van der Waals surface area contributed by atoms with Crippen LogP contribution in [-0.2, 0) is 9.59 Å². The molecule has 2 unspecified atom stereocenters. The molecule has 2 N–H and O–H groups in total. The van der Waals surface area contributed by atoms with Crippen molar-refractivity contribution >= 4 is 11.9 Å². The van der Waals surface area contributed by atoms with Crippen LogP contribution in [0.5, 0.6) is 5.75 Å². The van der Waals surface area contributed by atoms with Crippen molar-refractivity contribution in [1.29, 1.82) is 0 Å². The highest BCUT2D eigenvalue weighted by atomic mass is 16.5. The Balaban J connectivity index is 2.57. The first-order valence-electron chi connectivity index (χ1n) is 5.73. The number of carboxylic acid groups (broad SMARTS) is 1. The van der Waals surface area contributed by atoms with Crippen molar-refractivity contribution in [1.82, 2.24) is 5.32 Å². The minimum Gasteiger partial charge on any atom is -0.481 e. The highest BCUT2D eigenvalue weighted by Gasteiger charge is 2.23. The number of hydrogen-bond acceptors (Lipinski definition) is 3. The van der Waals surface area contributed by atoms with Crippen LogP contribution in [0.2, 0.25) is 0 Å². The maximum Gasteiger partial charge on any atom is 0.327 e. The van der Waals surface area contributed by atoms with Gasteiger partial charge in [0.1, 0.15) is 11.8 Å². The molecule has 0 radical (unpaired) electrons. The van der Waals surface area contributed by atoms with E-state index >= 15 is 0 Å². The number of terminal acetylenes is 1. The fraction of sp³-hybridized carbons (Fsp3) is 0.286. The summed E-state index contributed by atoms with van der Waals surface area (Å²) in [5.41, 5.74) is 0. The first kappa shape index (κ1) is 14.6. The number of amides is 1. The molecule has 0 aliphatic carbocycles. The summed E-state index contributed by atoms with van der Waals surface area (Å²) in [6, 6.07) is 7.70. The molecular weight excluding hydrogens is 246 g/mol. The fourth-order valence-electron chi connectivity index (χ4n) is 1.36. The predicted molar refractivity (Wildman–Crippen MR) is 69.5 cm³/mol. The van der Waals surface area contributed by atoms with Crippen LogP contribution in [0, 0.1) is 12.3 Å². The van der Waals surface area contributed by atoms with E-state index in [2.05, 4.69) is 11.2 Å². The molecule has 0 aliphatic rings. The van der Waals surface area contributed by atoms with E-state index in [0.717, 1.165) is 0 Å². The molecule has 0 aromatic heterocycles. The van der Waals surface area contributed by atoms with Gasteiger partial charge in [0, 0.05) is 6.42 Å². The smallest absolute Gasteiger partial charge is 0.327 e. The summed E-state index contributed by atoms with van der Waals surface area (Å²) in [6.07, 6.45) is 4.17. The van der Waals surface area contributed by atoms with Crippen LogP contribution in [0.1, 0.15) is 13.3 Å². The fourth-order valence-corrected chi connectivity index (χ4v) is 1.36. The first-order valence-corrected chi connectivity index (χ1v) is 5.73. The van der Waals surface area contributed by atoms with Crippen molar-refractivity contribution in [2.24, 2.45) is 0 Å². The highest BCUT2D eigenvalue weighted by Crippen LogP contribution is 2.10. The molecule has 0 saturated heterocycles. The normalized spacial score (nSPS) is 12.8. The van der Waals surface area contributed by atoms with Crippen LogP contribution in [0.25, 0.3) is 0 Å². The van der Waals surface area contributed by atoms with E-state index in [1.165, 1.54) is 6.92 Å². The van der Waals surface area contributed by atoms with Crippen LogP contribution in [0.3, 0.4) is 0 Å². The second-order valence-electron chi connectivity index (χ2n) is 3.88. The van der Waals surface area contributed by atoms with E-state index in [0.29, 0.717) is 5.75 Å². The summed E-state index contributed by atoms with van der Waals surface area (Å²) in [7, 11) is 0. The van der Waals surface area contributed by atoms with E-state index in [-0.39, 0.29) is 6.42 Å². The van der Waals surface area contributed by atoms with Crippen LogP contribution in [-0.4, -0.2) is 29.1 Å². The van der Waals surface area contributed by atoms with Gasteiger partial charge in [0.25, 0.3) is 5.91 Å². The van der Waals surface area contributed by atoms with Gasteiger partial charge in [0.05, 0.1) is 0 Å². The summed E-state index contributed by atoms with van der Waals surface area (Å²) in [5, 5.41) is 11.2. The van der Waals surface area contributed by atoms with Gasteiger partial charge in [0.2, 0.25) is 0 Å². The molecule has 0 aliphatic heterocycles. The topological polar surface area (TPSA) is 75.6 Å². The SMILES string of the molecule is C#CCC(NC(=O)C(C)Oc1ccccc1)C(=O)O. The van der Waals surface area contributed by atoms with Crippen molar-refractivity contribution < 1.29 is 19.4 Å². The molecule has 1 rings (SSSR count). The lowest BCUT2D eigenvalue weighted by atomic mass is 10.2. The second kappa shape index (κ2) is 7.07. The first-order chi connectivity index (χ1) is 9.04. The Kier molecular flexibility index (Phi) is 5.42. The Morgan fingerprint density at radius 2 is 2.05 bits per heavy atom. The Hall–Kier alpha value is -2.48. The number of aliphatic carboxylic acids is 1. The van der Waals surface area contributed by atoms with Gasteiger partial charge in [-0.05, 0) is 19.1 Å². The van der Waals surface area contributed by atoms with Gasteiger partial charge in [-0.25, -0.2) is 4.79 Å². The molecule has 0 fully saturated rings. The minimum atomic E-state index is -1.17. The zero-order chi connectivity index (χ0) is 14.3. The lowest BCUT2D eigenvalue weighted by Gasteiger charge is -2.17. The Morgan fingerprint density at radius 3 is 2.58 bits per heavy atom. The quantitative estimate of drug-likeness (QED) is 0.750. The highest BCUT2D eigenvalue weighted by molar-refractivity contribution is 5.86. The number of nitrogens with one attached hydrogen (secondary N) is 1. The zero-order valence-corrected chi connectivity index (χ0v) is 10.5. The molecule has 1 aromatic rings. The van der Waals surface area contributed by atoms with Gasteiger partial charge < -0.3 is 15.2 Å². The van der Waals surface area contributed by atoms with Gasteiger partial charge in [-0.15, -0.1) is 12.3 Å². The summed E-state index contributed by atoms with van der Waals surface area (Å²) in [4.78, 5) is 22.6. The Labute approximate surface area is 111 Å². The number of ether oxygens (including phenoxy) is 1. The van der Waals surface area contributed by atoms with Crippen molar-refractivity contribution in [3.63, 3.8) is 0 Å². The van der Waals surface area contributed by atoms with E-state index in [1.807, 2.05) is 6.07 Å². The molecule has 0 spiro atoms. The van der Waals surface area contributed by atoms with Crippen molar-refractivity contribution in [3.05, 3.63) is 30.3 Å². The third-order valence-electron chi connectivity index (χ3n) is 2.36. The Bertz CT molecular complexity index is 478. The maximum absolute atomic E-state index is 11.8. The lowest BCUT2D eigenvalue weighted by Crippen LogP contribution is -2.46. The molecule has 1 aromatic carbocycles. The molecule has 100 valence electrons. The molecule has 0 heterocycles. The third-order valence-corrected chi connectivity index (χ3v) is 2.36. The molecule has 0 saturated carbocycles. The molecule has 2 atom stereocenters. The summed E-state index contributed by atoms with van der Waals surface area (Å²) >= 11 is 0. The van der Waals surface area contributed by atoms with Gasteiger partial charge in [-0.2, -0.15) is 0 Å². The largest absolute Gasteiger partial charge is 0.481 e.